The van der Waals surface area contributed by atoms with E-state index in [1.54, 1.807) is 14.2 Å². The number of benzene rings is 1. The largest absolute Gasteiger partial charge is 0.460 e. The summed E-state index contributed by atoms with van der Waals surface area (Å²) >= 11 is 1.48. The number of carbonyl (C=O) groups excluding carboxylic acids is 2. The van der Waals surface area contributed by atoms with E-state index in [-0.39, 0.29) is 18.9 Å². The molecule has 1 fully saturated rings. The second-order valence-corrected chi connectivity index (χ2v) is 9.66. The predicted octanol–water partition coefficient (Wildman–Crippen LogP) is 2.63. The topological polar surface area (TPSA) is 83.9 Å². The van der Waals surface area contributed by atoms with Gasteiger partial charge in [-0.3, -0.25) is 9.69 Å². The van der Waals surface area contributed by atoms with Gasteiger partial charge in [0.15, 0.2) is 5.17 Å². The molecule has 0 radical (unpaired) electrons. The zero-order chi connectivity index (χ0) is 25.5. The van der Waals surface area contributed by atoms with Gasteiger partial charge in [-0.15, -0.1) is 0 Å². The summed E-state index contributed by atoms with van der Waals surface area (Å²) in [6.45, 7) is 6.96. The number of fused-ring (bicyclic) bond motifs is 1. The van der Waals surface area contributed by atoms with E-state index in [1.807, 2.05) is 52.5 Å². The summed E-state index contributed by atoms with van der Waals surface area (Å²) in [6, 6.07) is 9.40. The maximum Gasteiger partial charge on any atom is 0.338 e. The monoisotopic (exact) mass is 514 g/mol. The number of carbonyl (C=O) groups is 2. The molecule has 0 bridgehead atoms. The third-order valence-electron chi connectivity index (χ3n) is 6.53. The van der Waals surface area contributed by atoms with Gasteiger partial charge in [0, 0.05) is 52.6 Å². The minimum Gasteiger partial charge on any atom is -0.460 e. The molecule has 1 aromatic rings. The van der Waals surface area contributed by atoms with Gasteiger partial charge in [0.25, 0.3) is 0 Å². The standard InChI is InChI=1S/C26H34N4O5S/c1-19-23(25(32)35-16-15-34-3)24(20-7-5-4-6-8-20)30-21(18-36-26(30)27-19)17-22(31)29-11-9-28(10-12-29)13-14-33-2/h4-8,18,24H,9-17H2,1-3H3. The lowest BCUT2D eigenvalue weighted by molar-refractivity contribution is -0.141. The zero-order valence-corrected chi connectivity index (χ0v) is 22.0. The van der Waals surface area contributed by atoms with E-state index in [0.29, 0.717) is 37.6 Å². The predicted molar refractivity (Wildman–Crippen MR) is 139 cm³/mol. The summed E-state index contributed by atoms with van der Waals surface area (Å²) in [6.07, 6.45) is 0.248. The average Bonchev–Trinajstić information content (AvgIpc) is 3.29. The minimum absolute atomic E-state index is 0.0804. The van der Waals surface area contributed by atoms with Crippen LogP contribution in [0.4, 0.5) is 0 Å². The van der Waals surface area contributed by atoms with E-state index < -0.39 is 12.0 Å². The number of allylic oxidation sites excluding steroid dienone is 1. The third kappa shape index (κ3) is 6.00. The van der Waals surface area contributed by atoms with Crippen LogP contribution >= 0.6 is 11.8 Å². The van der Waals surface area contributed by atoms with Crippen LogP contribution in [0.1, 0.15) is 24.9 Å². The summed E-state index contributed by atoms with van der Waals surface area (Å²) in [7, 11) is 3.27. The van der Waals surface area contributed by atoms with Crippen molar-refractivity contribution in [1.29, 1.82) is 0 Å². The van der Waals surface area contributed by atoms with Gasteiger partial charge in [-0.25, -0.2) is 9.79 Å². The van der Waals surface area contributed by atoms with Crippen molar-refractivity contribution in [2.24, 2.45) is 4.99 Å². The van der Waals surface area contributed by atoms with Crippen LogP contribution < -0.4 is 0 Å². The Morgan fingerprint density at radius 2 is 1.75 bits per heavy atom. The van der Waals surface area contributed by atoms with Crippen LogP contribution in [-0.2, 0) is 23.8 Å². The first-order valence-corrected chi connectivity index (χ1v) is 13.1. The molecule has 3 aliphatic heterocycles. The minimum atomic E-state index is -0.423. The van der Waals surface area contributed by atoms with Gasteiger partial charge in [0.1, 0.15) is 6.61 Å². The molecule has 1 amide bonds. The summed E-state index contributed by atoms with van der Waals surface area (Å²) in [5, 5.41) is 2.75. The summed E-state index contributed by atoms with van der Waals surface area (Å²) in [5.41, 5.74) is 2.89. The van der Waals surface area contributed by atoms with Gasteiger partial charge in [0.05, 0.1) is 36.9 Å². The Labute approximate surface area is 216 Å². The molecule has 0 aliphatic carbocycles. The van der Waals surface area contributed by atoms with Gasteiger partial charge in [0.2, 0.25) is 5.91 Å². The van der Waals surface area contributed by atoms with E-state index in [1.165, 1.54) is 11.8 Å². The van der Waals surface area contributed by atoms with Crippen LogP contribution in [0.3, 0.4) is 0 Å². The molecule has 9 nitrogen and oxygen atoms in total. The Morgan fingerprint density at radius 1 is 1.03 bits per heavy atom. The summed E-state index contributed by atoms with van der Waals surface area (Å²) in [5.74, 6) is -0.340. The number of methoxy groups -OCH3 is 2. The molecule has 36 heavy (non-hydrogen) atoms. The third-order valence-corrected chi connectivity index (χ3v) is 7.41. The van der Waals surface area contributed by atoms with E-state index in [2.05, 4.69) is 4.90 Å². The molecule has 3 heterocycles. The Bertz CT molecular complexity index is 1030. The fourth-order valence-electron chi connectivity index (χ4n) is 4.58. The van der Waals surface area contributed by atoms with Gasteiger partial charge in [-0.1, -0.05) is 42.1 Å². The molecular weight excluding hydrogens is 480 g/mol. The van der Waals surface area contributed by atoms with Gasteiger partial charge in [-0.05, 0) is 17.9 Å². The Hall–Kier alpha value is -2.66. The van der Waals surface area contributed by atoms with Crippen molar-refractivity contribution in [3.63, 3.8) is 0 Å². The lowest BCUT2D eigenvalue weighted by atomic mass is 9.94. The molecule has 1 aromatic carbocycles. The molecule has 4 rings (SSSR count). The van der Waals surface area contributed by atoms with Crippen molar-refractivity contribution >= 4 is 28.8 Å². The van der Waals surface area contributed by atoms with Crippen LogP contribution in [0.2, 0.25) is 0 Å². The number of rotatable bonds is 10. The first-order chi connectivity index (χ1) is 17.5. The molecule has 0 aromatic heterocycles. The second-order valence-electron chi connectivity index (χ2n) is 8.82. The van der Waals surface area contributed by atoms with Gasteiger partial charge < -0.3 is 24.0 Å². The highest BCUT2D eigenvalue weighted by atomic mass is 32.2. The van der Waals surface area contributed by atoms with Crippen LogP contribution in [-0.4, -0.2) is 98.5 Å². The lowest BCUT2D eigenvalue weighted by Gasteiger charge is -2.38. The molecule has 1 saturated heterocycles. The molecule has 0 saturated carbocycles. The normalized spacial score (nSPS) is 20.2. The number of piperazine rings is 1. The quantitative estimate of drug-likeness (QED) is 0.348. The number of thioether (sulfide) groups is 1. The summed E-state index contributed by atoms with van der Waals surface area (Å²) < 4.78 is 15.7. The van der Waals surface area contributed by atoms with Crippen LogP contribution in [0.15, 0.2) is 57.7 Å². The van der Waals surface area contributed by atoms with Crippen LogP contribution in [0.25, 0.3) is 0 Å². The smallest absolute Gasteiger partial charge is 0.338 e. The lowest BCUT2D eigenvalue weighted by Crippen LogP contribution is -2.49. The van der Waals surface area contributed by atoms with Crippen molar-refractivity contribution in [1.82, 2.24) is 14.7 Å². The zero-order valence-electron chi connectivity index (χ0n) is 21.1. The molecule has 10 heteroatoms. The van der Waals surface area contributed by atoms with Crippen molar-refractivity contribution in [3.8, 4) is 0 Å². The molecule has 0 N–H and O–H groups in total. The average molecular weight is 515 g/mol. The highest BCUT2D eigenvalue weighted by Gasteiger charge is 2.41. The van der Waals surface area contributed by atoms with E-state index in [9.17, 15) is 9.59 Å². The molecule has 0 spiro atoms. The highest BCUT2D eigenvalue weighted by Crippen LogP contribution is 2.44. The Kier molecular flexibility index (Phi) is 9.19. The van der Waals surface area contributed by atoms with E-state index >= 15 is 0 Å². The second kappa shape index (κ2) is 12.5. The maximum absolute atomic E-state index is 13.3. The SMILES string of the molecule is COCCOC(=O)C1=C(C)N=C2SC=C(CC(=O)N3CCN(CCOC)CC3)N2C1c1ccccc1. The van der Waals surface area contributed by atoms with Crippen molar-refractivity contribution in [2.75, 3.05) is 66.8 Å². The molecule has 1 unspecified atom stereocenters. The number of esters is 1. The number of amidine groups is 1. The highest BCUT2D eigenvalue weighted by molar-refractivity contribution is 8.16. The number of hydrogen-bond donors (Lipinski definition) is 0. The number of amides is 1. The Balaban J connectivity index is 1.52. The number of hydrogen-bond acceptors (Lipinski definition) is 9. The number of aliphatic imine (C=N–C) groups is 1. The fraction of sp³-hybridized carbons (Fsp3) is 0.500. The van der Waals surface area contributed by atoms with Gasteiger partial charge in [-0.2, -0.15) is 0 Å². The number of ether oxygens (including phenoxy) is 3. The number of nitrogens with zero attached hydrogens (tertiary/aromatic N) is 4. The maximum atomic E-state index is 13.3. The van der Waals surface area contributed by atoms with E-state index in [0.717, 1.165) is 36.1 Å². The van der Waals surface area contributed by atoms with E-state index in [4.69, 9.17) is 19.2 Å². The molecule has 1 atom stereocenters. The van der Waals surface area contributed by atoms with Gasteiger partial charge >= 0.3 is 5.97 Å². The summed E-state index contributed by atoms with van der Waals surface area (Å²) in [4.78, 5) is 37.5. The van der Waals surface area contributed by atoms with Crippen molar-refractivity contribution in [3.05, 3.63) is 58.3 Å². The van der Waals surface area contributed by atoms with Crippen molar-refractivity contribution in [2.45, 2.75) is 19.4 Å². The van der Waals surface area contributed by atoms with Crippen LogP contribution in [0.5, 0.6) is 0 Å². The van der Waals surface area contributed by atoms with Crippen molar-refractivity contribution < 1.29 is 23.8 Å². The molecular formula is C26H34N4O5S. The Morgan fingerprint density at radius 3 is 2.44 bits per heavy atom. The first kappa shape index (κ1) is 26.4. The molecule has 194 valence electrons. The fourth-order valence-corrected chi connectivity index (χ4v) is 5.55. The first-order valence-electron chi connectivity index (χ1n) is 12.2. The van der Waals surface area contributed by atoms with Crippen LogP contribution in [0, 0.1) is 0 Å². The molecule has 3 aliphatic rings.